The number of hydrogen-bond donors (Lipinski definition) is 1. The lowest BCUT2D eigenvalue weighted by atomic mass is 9.71. The van der Waals surface area contributed by atoms with Gasteiger partial charge in [0, 0.05) is 50.6 Å². The highest BCUT2D eigenvalue weighted by atomic mass is 15.2. The molecule has 3 aliphatic rings. The zero-order chi connectivity index (χ0) is 18.0. The molecule has 2 aliphatic heterocycles. The zero-order valence-electron chi connectivity index (χ0n) is 16.9. The molecule has 1 N–H and O–H groups in total. The van der Waals surface area contributed by atoms with E-state index in [0.717, 1.165) is 32.1 Å². The molecule has 1 aromatic rings. The van der Waals surface area contributed by atoms with Crippen LogP contribution in [0.1, 0.15) is 70.3 Å². The minimum atomic E-state index is 0.538. The Morgan fingerprint density at radius 3 is 2.27 bits per heavy atom. The van der Waals surface area contributed by atoms with Gasteiger partial charge in [-0.1, -0.05) is 13.8 Å². The fraction of sp³-hybridized carbons (Fsp3) is 0.739. The lowest BCUT2D eigenvalue weighted by molar-refractivity contribution is 0.224. The Morgan fingerprint density at radius 2 is 1.58 bits per heavy atom. The first-order valence-electron chi connectivity index (χ1n) is 11.0. The van der Waals surface area contributed by atoms with Crippen LogP contribution in [0.4, 0.5) is 11.4 Å². The third kappa shape index (κ3) is 4.03. The van der Waals surface area contributed by atoms with Crippen LogP contribution >= 0.6 is 0 Å². The van der Waals surface area contributed by atoms with Gasteiger partial charge in [-0.25, -0.2) is 0 Å². The molecule has 2 saturated heterocycles. The molecule has 3 nitrogen and oxygen atoms in total. The third-order valence-corrected chi connectivity index (χ3v) is 6.97. The maximum Gasteiger partial charge on any atom is 0.0404 e. The molecule has 0 unspecified atom stereocenters. The standard InChI is InChI=1S/C23H37N3/c1-23(2)10-8-19(9-11-23)21-18-20(25-14-4-3-5-15-25)6-7-22(21)26-16-12-24-13-17-26/h6-7,18-19,24H,3-5,8-17H2,1-2H3. The highest BCUT2D eigenvalue weighted by molar-refractivity contribution is 5.63. The first-order chi connectivity index (χ1) is 12.6. The van der Waals surface area contributed by atoms with Gasteiger partial charge in [-0.05, 0) is 80.0 Å². The van der Waals surface area contributed by atoms with Crippen LogP contribution in [0.5, 0.6) is 0 Å². The molecule has 3 heteroatoms. The monoisotopic (exact) mass is 355 g/mol. The first-order valence-corrected chi connectivity index (χ1v) is 11.0. The predicted molar refractivity (Wildman–Crippen MR) is 113 cm³/mol. The number of anilines is 2. The van der Waals surface area contributed by atoms with E-state index in [4.69, 9.17) is 0 Å². The van der Waals surface area contributed by atoms with E-state index in [1.807, 2.05) is 0 Å². The van der Waals surface area contributed by atoms with E-state index in [2.05, 4.69) is 47.2 Å². The van der Waals surface area contributed by atoms with Crippen molar-refractivity contribution in [3.05, 3.63) is 23.8 Å². The van der Waals surface area contributed by atoms with Crippen LogP contribution in [-0.4, -0.2) is 39.3 Å². The minimum absolute atomic E-state index is 0.538. The Balaban J connectivity index is 1.62. The van der Waals surface area contributed by atoms with E-state index in [1.54, 1.807) is 5.56 Å². The van der Waals surface area contributed by atoms with Crippen LogP contribution in [0.15, 0.2) is 18.2 Å². The van der Waals surface area contributed by atoms with Crippen molar-refractivity contribution in [2.75, 3.05) is 49.1 Å². The van der Waals surface area contributed by atoms with Crippen LogP contribution in [0.3, 0.4) is 0 Å². The molecule has 1 aliphatic carbocycles. The molecule has 4 rings (SSSR count). The van der Waals surface area contributed by atoms with Crippen molar-refractivity contribution in [3.8, 4) is 0 Å². The quantitative estimate of drug-likeness (QED) is 0.842. The maximum atomic E-state index is 3.51. The van der Waals surface area contributed by atoms with Crippen molar-refractivity contribution >= 4 is 11.4 Å². The van der Waals surface area contributed by atoms with E-state index in [1.165, 1.54) is 69.4 Å². The van der Waals surface area contributed by atoms with Gasteiger partial charge in [-0.3, -0.25) is 0 Å². The van der Waals surface area contributed by atoms with Crippen LogP contribution in [0.2, 0.25) is 0 Å². The van der Waals surface area contributed by atoms with Gasteiger partial charge in [0.25, 0.3) is 0 Å². The number of nitrogens with one attached hydrogen (secondary N) is 1. The summed E-state index contributed by atoms with van der Waals surface area (Å²) in [5, 5.41) is 3.51. The first kappa shape index (κ1) is 18.2. The van der Waals surface area contributed by atoms with Gasteiger partial charge >= 0.3 is 0 Å². The van der Waals surface area contributed by atoms with E-state index < -0.39 is 0 Å². The van der Waals surface area contributed by atoms with Crippen LogP contribution < -0.4 is 15.1 Å². The summed E-state index contributed by atoms with van der Waals surface area (Å²) >= 11 is 0. The number of rotatable bonds is 3. The second-order valence-corrected chi connectivity index (χ2v) is 9.47. The van der Waals surface area contributed by atoms with E-state index >= 15 is 0 Å². The van der Waals surface area contributed by atoms with Crippen LogP contribution in [0.25, 0.3) is 0 Å². The van der Waals surface area contributed by atoms with E-state index in [-0.39, 0.29) is 0 Å². The molecular weight excluding hydrogens is 318 g/mol. The Bertz CT molecular complexity index is 587. The molecular formula is C23H37N3. The normalized spacial score (nSPS) is 24.7. The molecule has 0 spiro atoms. The number of benzene rings is 1. The smallest absolute Gasteiger partial charge is 0.0404 e. The average Bonchev–Trinajstić information content (AvgIpc) is 2.69. The number of piperidine rings is 1. The second kappa shape index (κ2) is 7.80. The molecule has 0 atom stereocenters. The van der Waals surface area contributed by atoms with Crippen molar-refractivity contribution in [1.29, 1.82) is 0 Å². The molecule has 26 heavy (non-hydrogen) atoms. The van der Waals surface area contributed by atoms with Crippen molar-refractivity contribution < 1.29 is 0 Å². The maximum absolute atomic E-state index is 3.51. The molecule has 0 aromatic heterocycles. The summed E-state index contributed by atoms with van der Waals surface area (Å²) in [5.41, 5.74) is 5.18. The van der Waals surface area contributed by atoms with Crippen LogP contribution in [-0.2, 0) is 0 Å². The summed E-state index contributed by atoms with van der Waals surface area (Å²) in [6, 6.07) is 7.43. The average molecular weight is 356 g/mol. The van der Waals surface area contributed by atoms with Crippen molar-refractivity contribution in [2.24, 2.45) is 5.41 Å². The fourth-order valence-electron chi connectivity index (χ4n) is 5.12. The van der Waals surface area contributed by atoms with Crippen LogP contribution in [0, 0.1) is 5.41 Å². The summed E-state index contributed by atoms with van der Waals surface area (Å²) in [6.45, 7) is 11.9. The topological polar surface area (TPSA) is 18.5 Å². The predicted octanol–water partition coefficient (Wildman–Crippen LogP) is 4.77. The third-order valence-electron chi connectivity index (χ3n) is 6.97. The lowest BCUT2D eigenvalue weighted by Crippen LogP contribution is -2.44. The molecule has 0 radical (unpaired) electrons. The molecule has 1 saturated carbocycles. The minimum Gasteiger partial charge on any atom is -0.372 e. The van der Waals surface area contributed by atoms with Crippen molar-refractivity contribution in [3.63, 3.8) is 0 Å². The second-order valence-electron chi connectivity index (χ2n) is 9.47. The van der Waals surface area contributed by atoms with Gasteiger partial charge in [0.15, 0.2) is 0 Å². The summed E-state index contributed by atoms with van der Waals surface area (Å²) < 4.78 is 0. The van der Waals surface area contributed by atoms with Gasteiger partial charge < -0.3 is 15.1 Å². The summed E-state index contributed by atoms with van der Waals surface area (Å²) in [4.78, 5) is 5.26. The van der Waals surface area contributed by atoms with Gasteiger partial charge in [0.05, 0.1) is 0 Å². The lowest BCUT2D eigenvalue weighted by Gasteiger charge is -2.38. The Morgan fingerprint density at radius 1 is 0.885 bits per heavy atom. The summed E-state index contributed by atoms with van der Waals surface area (Å²) in [7, 11) is 0. The zero-order valence-corrected chi connectivity index (χ0v) is 16.9. The molecule has 2 heterocycles. The molecule has 1 aromatic carbocycles. The highest BCUT2D eigenvalue weighted by Crippen LogP contribution is 2.45. The van der Waals surface area contributed by atoms with E-state index in [9.17, 15) is 0 Å². The Hall–Kier alpha value is -1.22. The van der Waals surface area contributed by atoms with Gasteiger partial charge in [-0.2, -0.15) is 0 Å². The van der Waals surface area contributed by atoms with Crippen molar-refractivity contribution in [2.45, 2.75) is 64.7 Å². The van der Waals surface area contributed by atoms with Gasteiger partial charge in [-0.15, -0.1) is 0 Å². The highest BCUT2D eigenvalue weighted by Gasteiger charge is 2.30. The molecule has 144 valence electrons. The fourth-order valence-corrected chi connectivity index (χ4v) is 5.12. The summed E-state index contributed by atoms with van der Waals surface area (Å²) in [6.07, 6.45) is 9.56. The number of nitrogens with zero attached hydrogens (tertiary/aromatic N) is 2. The Labute approximate surface area is 160 Å². The SMILES string of the molecule is CC1(C)CCC(c2cc(N3CCCCC3)ccc2N2CCNCC2)CC1. The molecule has 0 bridgehead atoms. The van der Waals surface area contributed by atoms with Gasteiger partial charge in [0.2, 0.25) is 0 Å². The number of piperazine rings is 1. The van der Waals surface area contributed by atoms with Crippen molar-refractivity contribution in [1.82, 2.24) is 5.32 Å². The summed E-state index contributed by atoms with van der Waals surface area (Å²) in [5.74, 6) is 0.748. The number of hydrogen-bond acceptors (Lipinski definition) is 3. The van der Waals surface area contributed by atoms with E-state index in [0.29, 0.717) is 5.41 Å². The van der Waals surface area contributed by atoms with Gasteiger partial charge in [0.1, 0.15) is 0 Å². The molecule has 0 amide bonds. The largest absolute Gasteiger partial charge is 0.372 e. The Kier molecular flexibility index (Phi) is 5.45. The molecule has 3 fully saturated rings.